The maximum Gasteiger partial charge on any atom is 0.275 e. The lowest BCUT2D eigenvalue weighted by molar-refractivity contribution is -0.534. The van der Waals surface area contributed by atoms with E-state index in [1.165, 1.54) is 18.7 Å². The molecule has 2 aromatic carbocycles. The molecule has 5 heteroatoms. The molecule has 5 nitrogen and oxygen atoms in total. The number of amidine groups is 1. The molecule has 28 heavy (non-hydrogen) atoms. The van der Waals surface area contributed by atoms with Crippen LogP contribution in [0.25, 0.3) is 0 Å². The van der Waals surface area contributed by atoms with Crippen molar-refractivity contribution in [3.63, 3.8) is 0 Å². The van der Waals surface area contributed by atoms with Gasteiger partial charge in [-0.25, -0.2) is 0 Å². The van der Waals surface area contributed by atoms with Gasteiger partial charge in [0.1, 0.15) is 17.2 Å². The largest absolute Gasteiger partial charge is 0.497 e. The molecule has 2 aliphatic rings. The highest BCUT2D eigenvalue weighted by molar-refractivity contribution is 5.97. The van der Waals surface area contributed by atoms with Gasteiger partial charge in [0, 0.05) is 12.0 Å². The first kappa shape index (κ1) is 18.8. The second-order valence-electron chi connectivity index (χ2n) is 7.46. The fourth-order valence-electron chi connectivity index (χ4n) is 4.32. The second kappa shape index (κ2) is 7.84. The molecule has 0 aromatic heterocycles. The highest BCUT2D eigenvalue weighted by Crippen LogP contribution is 2.38. The number of ether oxygens (including phenoxy) is 2. The van der Waals surface area contributed by atoms with Crippen molar-refractivity contribution < 1.29 is 19.2 Å². The molecule has 0 fully saturated rings. The van der Waals surface area contributed by atoms with E-state index in [4.69, 9.17) is 9.47 Å². The van der Waals surface area contributed by atoms with E-state index in [2.05, 4.69) is 9.48 Å². The maximum atomic E-state index is 11.9. The Morgan fingerprint density at radius 3 is 2.39 bits per heavy atom. The summed E-state index contributed by atoms with van der Waals surface area (Å²) >= 11 is 0. The van der Waals surface area contributed by atoms with E-state index >= 15 is 0 Å². The molecule has 0 spiro atoms. The average molecular weight is 381 g/mol. The summed E-state index contributed by atoms with van der Waals surface area (Å²) < 4.78 is 13.3. The first-order valence-electron chi connectivity index (χ1n) is 10.2. The van der Waals surface area contributed by atoms with Crippen LogP contribution in [0.4, 0.5) is 5.69 Å². The number of aliphatic hydroxyl groups is 1. The molecule has 4 rings (SSSR count). The predicted molar refractivity (Wildman–Crippen MR) is 110 cm³/mol. The fraction of sp³-hybridized carbons (Fsp3) is 0.435. The van der Waals surface area contributed by atoms with Crippen LogP contribution < -0.4 is 14.4 Å². The molecule has 2 heterocycles. The predicted octanol–water partition coefficient (Wildman–Crippen LogP) is 3.74. The van der Waals surface area contributed by atoms with Crippen LogP contribution in [0.2, 0.25) is 0 Å². The Labute approximate surface area is 166 Å². The van der Waals surface area contributed by atoms with Crippen LogP contribution in [-0.4, -0.2) is 42.3 Å². The van der Waals surface area contributed by atoms with Gasteiger partial charge in [-0.1, -0.05) is 0 Å². The van der Waals surface area contributed by atoms with Gasteiger partial charge in [-0.3, -0.25) is 4.58 Å². The zero-order valence-corrected chi connectivity index (χ0v) is 16.7. The van der Waals surface area contributed by atoms with Crippen LogP contribution in [-0.2, 0) is 5.72 Å². The Hall–Kier alpha value is -2.53. The number of anilines is 1. The van der Waals surface area contributed by atoms with Gasteiger partial charge in [-0.15, -0.1) is 0 Å². The van der Waals surface area contributed by atoms with Crippen LogP contribution in [0.15, 0.2) is 48.5 Å². The Kier molecular flexibility index (Phi) is 5.27. The molecule has 0 aliphatic carbocycles. The zero-order chi connectivity index (χ0) is 19.6. The highest BCUT2D eigenvalue weighted by Gasteiger charge is 2.54. The molecule has 1 atom stereocenters. The van der Waals surface area contributed by atoms with Crippen molar-refractivity contribution in [2.24, 2.45) is 0 Å². The summed E-state index contributed by atoms with van der Waals surface area (Å²) in [5.74, 6) is 2.85. The molecular weight excluding hydrogens is 352 g/mol. The Morgan fingerprint density at radius 2 is 1.71 bits per heavy atom. The van der Waals surface area contributed by atoms with Crippen LogP contribution in [0.3, 0.4) is 0 Å². The van der Waals surface area contributed by atoms with Crippen LogP contribution >= 0.6 is 0 Å². The topological polar surface area (TPSA) is 44.9 Å². The van der Waals surface area contributed by atoms with E-state index in [-0.39, 0.29) is 0 Å². The van der Waals surface area contributed by atoms with Crippen LogP contribution in [0.1, 0.15) is 38.2 Å². The third-order valence-corrected chi connectivity index (χ3v) is 5.69. The van der Waals surface area contributed by atoms with Crippen molar-refractivity contribution in [3.8, 4) is 11.5 Å². The Morgan fingerprint density at radius 1 is 1.00 bits per heavy atom. The van der Waals surface area contributed by atoms with Crippen molar-refractivity contribution in [3.05, 3.63) is 54.1 Å². The molecule has 0 saturated carbocycles. The van der Waals surface area contributed by atoms with Crippen molar-refractivity contribution in [1.29, 1.82) is 0 Å². The summed E-state index contributed by atoms with van der Waals surface area (Å²) in [5, 5.41) is 11.9. The zero-order valence-electron chi connectivity index (χ0n) is 16.7. The summed E-state index contributed by atoms with van der Waals surface area (Å²) in [5.41, 5.74) is 0.760. The SMILES string of the molecule is CCOc1ccc([C@@]2(O)C[N+]3=C(CCCCC3)N2c2ccc(OC)cc2)cc1. The van der Waals surface area contributed by atoms with Gasteiger partial charge in [-0.05, 0) is 74.7 Å². The molecule has 0 saturated heterocycles. The molecule has 2 aromatic rings. The molecule has 1 N–H and O–H groups in total. The summed E-state index contributed by atoms with van der Waals surface area (Å²) in [6.07, 6.45) is 4.53. The number of rotatable bonds is 5. The summed E-state index contributed by atoms with van der Waals surface area (Å²) in [6.45, 7) is 4.17. The van der Waals surface area contributed by atoms with E-state index in [0.29, 0.717) is 13.2 Å². The number of hydrogen-bond donors (Lipinski definition) is 1. The van der Waals surface area contributed by atoms with Gasteiger partial charge in [0.25, 0.3) is 11.6 Å². The van der Waals surface area contributed by atoms with Gasteiger partial charge in [0.05, 0.1) is 20.3 Å². The fourth-order valence-corrected chi connectivity index (χ4v) is 4.32. The normalized spacial score (nSPS) is 22.0. The lowest BCUT2D eigenvalue weighted by atomic mass is 9.99. The second-order valence-corrected chi connectivity index (χ2v) is 7.46. The van der Waals surface area contributed by atoms with E-state index < -0.39 is 5.72 Å². The first-order valence-corrected chi connectivity index (χ1v) is 10.2. The lowest BCUT2D eigenvalue weighted by Gasteiger charge is -2.29. The summed E-state index contributed by atoms with van der Waals surface area (Å²) in [4.78, 5) is 2.12. The number of nitrogens with zero attached hydrogens (tertiary/aromatic N) is 2. The maximum absolute atomic E-state index is 11.9. The van der Waals surface area contributed by atoms with Crippen LogP contribution in [0.5, 0.6) is 11.5 Å². The van der Waals surface area contributed by atoms with Gasteiger partial charge < -0.3 is 14.6 Å². The minimum absolute atomic E-state index is 0.572. The standard InChI is InChI=1S/C23H29N2O3/c1-3-28-21-12-8-18(9-13-21)23(26)17-24-16-6-4-5-7-22(24)25(23)19-10-14-20(27-2)15-11-19/h8-15,26H,3-7,16-17H2,1-2H3/q+1/t23-/m0/s1. The minimum atomic E-state index is -1.11. The van der Waals surface area contributed by atoms with Crippen molar-refractivity contribution in [2.75, 3.05) is 31.7 Å². The smallest absolute Gasteiger partial charge is 0.275 e. The minimum Gasteiger partial charge on any atom is -0.497 e. The van der Waals surface area contributed by atoms with E-state index in [0.717, 1.165) is 42.1 Å². The van der Waals surface area contributed by atoms with E-state index in [9.17, 15) is 5.11 Å². The summed E-state index contributed by atoms with van der Waals surface area (Å²) in [6, 6.07) is 15.8. The number of methoxy groups -OCH3 is 1. The van der Waals surface area contributed by atoms with Gasteiger partial charge >= 0.3 is 0 Å². The Bertz CT molecular complexity index is 845. The third kappa shape index (κ3) is 3.35. The van der Waals surface area contributed by atoms with E-state index in [1.54, 1.807) is 7.11 Å². The highest BCUT2D eigenvalue weighted by atomic mass is 16.5. The van der Waals surface area contributed by atoms with Gasteiger partial charge in [0.15, 0.2) is 6.54 Å². The number of hydrogen-bond acceptors (Lipinski definition) is 4. The Balaban J connectivity index is 1.75. The molecule has 148 valence electrons. The molecule has 0 unspecified atom stereocenters. The van der Waals surface area contributed by atoms with Crippen molar-refractivity contribution in [2.45, 2.75) is 38.3 Å². The van der Waals surface area contributed by atoms with Crippen LogP contribution in [0, 0.1) is 0 Å². The van der Waals surface area contributed by atoms with Crippen molar-refractivity contribution >= 4 is 11.5 Å². The molecule has 0 radical (unpaired) electrons. The van der Waals surface area contributed by atoms with Gasteiger partial charge in [0.2, 0.25) is 0 Å². The lowest BCUT2D eigenvalue weighted by Crippen LogP contribution is -2.47. The molecular formula is C23H29N2O3+. The van der Waals surface area contributed by atoms with Crippen molar-refractivity contribution in [1.82, 2.24) is 0 Å². The van der Waals surface area contributed by atoms with E-state index in [1.807, 2.05) is 55.5 Å². The number of benzene rings is 2. The average Bonchev–Trinajstić information content (AvgIpc) is 2.85. The summed E-state index contributed by atoms with van der Waals surface area (Å²) in [7, 11) is 1.67. The first-order chi connectivity index (χ1) is 13.7. The molecule has 2 aliphatic heterocycles. The molecule has 0 bridgehead atoms. The third-order valence-electron chi connectivity index (χ3n) is 5.69. The molecule has 0 amide bonds. The monoisotopic (exact) mass is 381 g/mol. The van der Waals surface area contributed by atoms with Gasteiger partial charge in [-0.2, -0.15) is 4.90 Å². The quantitative estimate of drug-likeness (QED) is 0.802.